The Morgan fingerprint density at radius 2 is 2.35 bits per heavy atom. The highest BCUT2D eigenvalue weighted by atomic mass is 79.9. The summed E-state index contributed by atoms with van der Waals surface area (Å²) in [6.07, 6.45) is 1.02. The average Bonchev–Trinajstić information content (AvgIpc) is 2.92. The Labute approximate surface area is 113 Å². The molecule has 0 saturated heterocycles. The van der Waals surface area contributed by atoms with E-state index < -0.39 is 6.10 Å². The number of rotatable bonds is 4. The predicted molar refractivity (Wildman–Crippen MR) is 73.3 cm³/mol. The van der Waals surface area contributed by atoms with Crippen LogP contribution in [0.2, 0.25) is 0 Å². The third kappa shape index (κ3) is 2.61. The molecule has 0 saturated carbocycles. The molecule has 0 aliphatic heterocycles. The number of halogens is 1. The third-order valence-electron chi connectivity index (χ3n) is 2.82. The van der Waals surface area contributed by atoms with E-state index in [1.165, 1.54) is 0 Å². The van der Waals surface area contributed by atoms with Gasteiger partial charge < -0.3 is 5.11 Å². The zero-order chi connectivity index (χ0) is 12.4. The first-order valence-electron chi connectivity index (χ1n) is 5.53. The van der Waals surface area contributed by atoms with Crippen molar-refractivity contribution >= 4 is 27.3 Å². The fourth-order valence-electron chi connectivity index (χ4n) is 1.81. The van der Waals surface area contributed by atoms with Gasteiger partial charge in [0.2, 0.25) is 0 Å². The van der Waals surface area contributed by atoms with E-state index in [1.807, 2.05) is 28.6 Å². The number of hydrogen-bond donors (Lipinski definition) is 1. The van der Waals surface area contributed by atoms with Crippen LogP contribution in [0.3, 0.4) is 0 Å². The second-order valence-corrected chi connectivity index (χ2v) is 5.53. The van der Waals surface area contributed by atoms with Crippen molar-refractivity contribution in [1.29, 1.82) is 0 Å². The molecule has 0 fully saturated rings. The van der Waals surface area contributed by atoms with Crippen molar-refractivity contribution in [1.82, 2.24) is 9.78 Å². The quantitative estimate of drug-likeness (QED) is 0.941. The lowest BCUT2D eigenvalue weighted by molar-refractivity contribution is 0.176. The minimum absolute atomic E-state index is 0.461. The van der Waals surface area contributed by atoms with Gasteiger partial charge in [0.25, 0.3) is 0 Å². The van der Waals surface area contributed by atoms with E-state index in [-0.39, 0.29) is 0 Å². The topological polar surface area (TPSA) is 38.0 Å². The highest BCUT2D eigenvalue weighted by molar-refractivity contribution is 9.10. The maximum atomic E-state index is 10.1. The Morgan fingerprint density at radius 1 is 1.59 bits per heavy atom. The Kier molecular flexibility index (Phi) is 4.01. The second kappa shape index (κ2) is 5.33. The molecule has 2 aromatic rings. The van der Waals surface area contributed by atoms with Gasteiger partial charge in [-0.05, 0) is 44.7 Å². The molecule has 0 spiro atoms. The summed E-state index contributed by atoms with van der Waals surface area (Å²) in [6, 6.07) is 1.96. The van der Waals surface area contributed by atoms with E-state index >= 15 is 0 Å². The highest BCUT2D eigenvalue weighted by Gasteiger charge is 2.17. The minimum Gasteiger partial charge on any atom is -0.388 e. The maximum Gasteiger partial charge on any atom is 0.0853 e. The van der Waals surface area contributed by atoms with Crippen molar-refractivity contribution in [2.75, 3.05) is 0 Å². The van der Waals surface area contributed by atoms with E-state index in [2.05, 4.69) is 28.0 Å². The predicted octanol–water partition coefficient (Wildman–Crippen LogP) is 3.08. The smallest absolute Gasteiger partial charge is 0.0853 e. The van der Waals surface area contributed by atoms with Gasteiger partial charge in [0.15, 0.2) is 0 Å². The molecule has 0 aromatic carbocycles. The van der Waals surface area contributed by atoms with Gasteiger partial charge >= 0.3 is 0 Å². The molecular formula is C12H15BrN2OS. The van der Waals surface area contributed by atoms with Crippen molar-refractivity contribution < 1.29 is 5.11 Å². The first kappa shape index (κ1) is 12.8. The minimum atomic E-state index is -0.461. The normalized spacial score (nSPS) is 12.9. The molecule has 0 aliphatic rings. The van der Waals surface area contributed by atoms with Gasteiger partial charge in [0.05, 0.1) is 22.0 Å². The van der Waals surface area contributed by atoms with Crippen molar-refractivity contribution in [2.24, 2.45) is 7.05 Å². The molecule has 92 valence electrons. The van der Waals surface area contributed by atoms with E-state index in [0.29, 0.717) is 6.42 Å². The molecule has 0 amide bonds. The zero-order valence-electron chi connectivity index (χ0n) is 9.85. The van der Waals surface area contributed by atoms with Crippen LogP contribution in [-0.4, -0.2) is 14.9 Å². The summed E-state index contributed by atoms with van der Waals surface area (Å²) < 4.78 is 2.87. The number of aryl methyl sites for hydroxylation is 2. The lowest BCUT2D eigenvalue weighted by Gasteiger charge is -2.09. The van der Waals surface area contributed by atoms with Gasteiger partial charge in [-0.15, -0.1) is 0 Å². The zero-order valence-corrected chi connectivity index (χ0v) is 12.3. The van der Waals surface area contributed by atoms with Crippen LogP contribution in [0.1, 0.15) is 30.0 Å². The SMILES string of the molecule is CCc1nn(C)c(CC(O)c2ccsc2)c1Br. The number of thiophene rings is 1. The molecule has 0 aliphatic carbocycles. The molecule has 2 rings (SSSR count). The van der Waals surface area contributed by atoms with Crippen LogP contribution in [0.5, 0.6) is 0 Å². The van der Waals surface area contributed by atoms with Crippen molar-refractivity contribution in [2.45, 2.75) is 25.9 Å². The van der Waals surface area contributed by atoms with Crippen molar-refractivity contribution in [3.63, 3.8) is 0 Å². The summed E-state index contributed by atoms with van der Waals surface area (Å²) in [6.45, 7) is 2.08. The Morgan fingerprint density at radius 3 is 2.88 bits per heavy atom. The van der Waals surface area contributed by atoms with Gasteiger partial charge in [0.1, 0.15) is 0 Å². The van der Waals surface area contributed by atoms with Crippen LogP contribution in [0, 0.1) is 0 Å². The standard InChI is InChI=1S/C12H15BrN2OS/c1-3-9-12(13)10(15(2)14-9)6-11(16)8-4-5-17-7-8/h4-5,7,11,16H,3,6H2,1-2H3. The number of aliphatic hydroxyl groups is 1. The van der Waals surface area contributed by atoms with Crippen molar-refractivity contribution in [3.05, 3.63) is 38.3 Å². The summed E-state index contributed by atoms with van der Waals surface area (Å²) >= 11 is 5.16. The van der Waals surface area contributed by atoms with Crippen LogP contribution in [0.25, 0.3) is 0 Å². The van der Waals surface area contributed by atoms with Gasteiger partial charge in [-0.3, -0.25) is 4.68 Å². The number of nitrogens with zero attached hydrogens (tertiary/aromatic N) is 2. The third-order valence-corrected chi connectivity index (χ3v) is 4.43. The summed E-state index contributed by atoms with van der Waals surface area (Å²) in [4.78, 5) is 0. The van der Waals surface area contributed by atoms with E-state index in [0.717, 1.165) is 27.8 Å². The van der Waals surface area contributed by atoms with Crippen LogP contribution in [-0.2, 0) is 19.9 Å². The molecular weight excluding hydrogens is 300 g/mol. The fourth-order valence-corrected chi connectivity index (χ4v) is 3.29. The number of aromatic nitrogens is 2. The van der Waals surface area contributed by atoms with Gasteiger partial charge in [0, 0.05) is 13.5 Å². The molecule has 2 aromatic heterocycles. The monoisotopic (exact) mass is 314 g/mol. The number of aliphatic hydroxyl groups excluding tert-OH is 1. The lowest BCUT2D eigenvalue weighted by Crippen LogP contribution is -2.06. The van der Waals surface area contributed by atoms with Gasteiger partial charge in [-0.2, -0.15) is 16.4 Å². The molecule has 0 radical (unpaired) electrons. The molecule has 1 unspecified atom stereocenters. The first-order chi connectivity index (χ1) is 8.13. The van der Waals surface area contributed by atoms with Crippen LogP contribution in [0.4, 0.5) is 0 Å². The Hall–Kier alpha value is -0.650. The summed E-state index contributed by atoms with van der Waals surface area (Å²) in [5.74, 6) is 0. The highest BCUT2D eigenvalue weighted by Crippen LogP contribution is 2.27. The second-order valence-electron chi connectivity index (χ2n) is 3.96. The fraction of sp³-hybridized carbons (Fsp3) is 0.417. The summed E-state index contributed by atoms with van der Waals surface area (Å²) in [5.41, 5.74) is 3.06. The van der Waals surface area contributed by atoms with Crippen LogP contribution < -0.4 is 0 Å². The number of hydrogen-bond acceptors (Lipinski definition) is 3. The molecule has 17 heavy (non-hydrogen) atoms. The maximum absolute atomic E-state index is 10.1. The average molecular weight is 315 g/mol. The molecule has 2 heterocycles. The van der Waals surface area contributed by atoms with Gasteiger partial charge in [-0.1, -0.05) is 6.92 Å². The van der Waals surface area contributed by atoms with Crippen molar-refractivity contribution in [3.8, 4) is 0 Å². The summed E-state index contributed by atoms with van der Waals surface area (Å²) in [7, 11) is 1.92. The Balaban J connectivity index is 2.21. The summed E-state index contributed by atoms with van der Waals surface area (Å²) in [5, 5.41) is 18.5. The molecule has 1 atom stereocenters. The molecule has 3 nitrogen and oxygen atoms in total. The van der Waals surface area contributed by atoms with E-state index in [1.54, 1.807) is 11.3 Å². The lowest BCUT2D eigenvalue weighted by atomic mass is 10.1. The molecule has 5 heteroatoms. The molecule has 0 bridgehead atoms. The van der Waals surface area contributed by atoms with Crippen LogP contribution >= 0.6 is 27.3 Å². The largest absolute Gasteiger partial charge is 0.388 e. The molecule has 1 N–H and O–H groups in total. The van der Waals surface area contributed by atoms with Gasteiger partial charge in [-0.25, -0.2) is 0 Å². The van der Waals surface area contributed by atoms with E-state index in [9.17, 15) is 5.11 Å². The first-order valence-corrected chi connectivity index (χ1v) is 7.27. The van der Waals surface area contributed by atoms with Crippen LogP contribution in [0.15, 0.2) is 21.3 Å². The Bertz CT molecular complexity index is 493. The van der Waals surface area contributed by atoms with E-state index in [4.69, 9.17) is 0 Å².